The Morgan fingerprint density at radius 3 is 2.42 bits per heavy atom. The monoisotopic (exact) mass is 492 g/mol. The number of aliphatic hydroxyl groups is 1. The summed E-state index contributed by atoms with van der Waals surface area (Å²) in [5, 5.41) is 13.4. The second-order valence-electron chi connectivity index (χ2n) is 10.4. The third-order valence-electron chi connectivity index (χ3n) is 7.67. The molecule has 1 aromatic carbocycles. The van der Waals surface area contributed by atoms with Crippen molar-refractivity contribution in [2.45, 2.75) is 64.1 Å². The molecule has 7 heteroatoms. The Bertz CT molecular complexity index is 966. The molecule has 0 spiro atoms. The van der Waals surface area contributed by atoms with E-state index in [1.807, 2.05) is 0 Å². The van der Waals surface area contributed by atoms with Crippen LogP contribution in [0.15, 0.2) is 52.6 Å². The van der Waals surface area contributed by atoms with Crippen molar-refractivity contribution in [3.8, 4) is 0 Å². The molecule has 2 heterocycles. The first-order chi connectivity index (χ1) is 17.5. The van der Waals surface area contributed by atoms with Crippen molar-refractivity contribution in [1.82, 2.24) is 20.0 Å². The number of aliphatic hydroxyl groups excluding tert-OH is 1. The summed E-state index contributed by atoms with van der Waals surface area (Å²) < 4.78 is 0. The normalized spacial score (nSPS) is 25.5. The Balaban J connectivity index is 1.53. The van der Waals surface area contributed by atoms with Crippen LogP contribution in [0.1, 0.15) is 56.6 Å². The van der Waals surface area contributed by atoms with Crippen LogP contribution in [0.3, 0.4) is 0 Å². The molecule has 2 fully saturated rings. The van der Waals surface area contributed by atoms with Crippen LogP contribution in [0.5, 0.6) is 0 Å². The Kier molecular flexibility index (Phi) is 9.35. The minimum atomic E-state index is -0.188. The van der Waals surface area contributed by atoms with E-state index in [9.17, 15) is 5.11 Å². The number of hydrogen-bond acceptors (Lipinski definition) is 4. The molecule has 1 saturated heterocycles. The number of hydrogen-bond donors (Lipinski definition) is 2. The number of amidine groups is 1. The van der Waals surface area contributed by atoms with Crippen molar-refractivity contribution in [3.05, 3.63) is 53.7 Å². The molecule has 0 bridgehead atoms. The van der Waals surface area contributed by atoms with Crippen LogP contribution in [-0.4, -0.2) is 90.6 Å². The van der Waals surface area contributed by atoms with Gasteiger partial charge in [-0.1, -0.05) is 44.2 Å². The van der Waals surface area contributed by atoms with E-state index in [1.165, 1.54) is 11.1 Å². The van der Waals surface area contributed by atoms with Crippen molar-refractivity contribution in [1.29, 1.82) is 0 Å². The molecule has 2 N–H and O–H groups in total. The van der Waals surface area contributed by atoms with Crippen LogP contribution >= 0.6 is 0 Å². The van der Waals surface area contributed by atoms with Gasteiger partial charge in [0, 0.05) is 69.7 Å². The molecule has 0 atom stereocenters. The van der Waals surface area contributed by atoms with Gasteiger partial charge >= 0.3 is 0 Å². The SMILES string of the molecule is C=C1C(c2ccc(CN3CCN(C)CC3)cc2)=CN([C@H]2CC[C@H](O)CC2)/C1=N/C(=N\C)NCCCC. The Morgan fingerprint density at radius 2 is 1.78 bits per heavy atom. The fourth-order valence-corrected chi connectivity index (χ4v) is 5.24. The third kappa shape index (κ3) is 6.64. The molecule has 3 aliphatic rings. The van der Waals surface area contributed by atoms with Gasteiger partial charge in [0.1, 0.15) is 5.84 Å². The highest BCUT2D eigenvalue weighted by Crippen LogP contribution is 2.36. The molecule has 196 valence electrons. The predicted molar refractivity (Wildman–Crippen MR) is 150 cm³/mol. The van der Waals surface area contributed by atoms with Gasteiger partial charge in [0.05, 0.1) is 6.10 Å². The first-order valence-electron chi connectivity index (χ1n) is 13.7. The Morgan fingerprint density at radius 1 is 1.08 bits per heavy atom. The van der Waals surface area contributed by atoms with Crippen LogP contribution in [0, 0.1) is 0 Å². The summed E-state index contributed by atoms with van der Waals surface area (Å²) in [7, 11) is 3.98. The number of unbranched alkanes of at least 4 members (excludes halogenated alkanes) is 1. The van der Waals surface area contributed by atoms with Gasteiger partial charge in [-0.2, -0.15) is 4.99 Å². The van der Waals surface area contributed by atoms with Gasteiger partial charge in [0.25, 0.3) is 0 Å². The van der Waals surface area contributed by atoms with E-state index in [1.54, 1.807) is 7.05 Å². The maximum atomic E-state index is 10.1. The topological polar surface area (TPSA) is 66.7 Å². The summed E-state index contributed by atoms with van der Waals surface area (Å²) in [4.78, 5) is 16.6. The number of likely N-dealkylation sites (N-methyl/N-ethyl adjacent to an activating group) is 1. The van der Waals surface area contributed by atoms with Crippen LogP contribution in [0.2, 0.25) is 0 Å². The number of benzene rings is 1. The van der Waals surface area contributed by atoms with Gasteiger partial charge in [0.15, 0.2) is 0 Å². The Labute approximate surface area is 217 Å². The van der Waals surface area contributed by atoms with Gasteiger partial charge in [-0.25, -0.2) is 0 Å². The van der Waals surface area contributed by atoms with Crippen LogP contribution in [0.25, 0.3) is 5.57 Å². The fraction of sp³-hybridized carbons (Fsp3) is 0.586. The third-order valence-corrected chi connectivity index (χ3v) is 7.67. The van der Waals surface area contributed by atoms with Crippen LogP contribution < -0.4 is 5.32 Å². The lowest BCUT2D eigenvalue weighted by Gasteiger charge is -2.33. The number of aliphatic imine (C=N–C) groups is 2. The highest BCUT2D eigenvalue weighted by Gasteiger charge is 2.33. The van der Waals surface area contributed by atoms with E-state index in [0.29, 0.717) is 12.0 Å². The van der Waals surface area contributed by atoms with Gasteiger partial charge in [-0.3, -0.25) is 9.89 Å². The van der Waals surface area contributed by atoms with Gasteiger partial charge in [0.2, 0.25) is 5.96 Å². The zero-order valence-corrected chi connectivity index (χ0v) is 22.4. The molecular formula is C29H44N6O. The number of piperazine rings is 1. The molecule has 7 nitrogen and oxygen atoms in total. The average Bonchev–Trinajstić information content (AvgIpc) is 3.21. The van der Waals surface area contributed by atoms with Gasteiger partial charge in [-0.05, 0) is 50.3 Å². The first-order valence-corrected chi connectivity index (χ1v) is 13.7. The average molecular weight is 493 g/mol. The highest BCUT2D eigenvalue weighted by atomic mass is 16.3. The first kappa shape index (κ1) is 26.6. The lowest BCUT2D eigenvalue weighted by atomic mass is 9.92. The standard InChI is InChI=1S/C29H44N6O/c1-5-6-15-31-29(30-3)32-28-22(2)27(21-35(28)25-11-13-26(36)14-12-25)24-9-7-23(8-10-24)20-34-18-16-33(4)17-19-34/h7-10,21,25-26,36H,2,5-6,11-20H2,1,3-4H3,(H,30,31)/b32-28+/t25-,26-. The molecule has 0 unspecified atom stereocenters. The zero-order chi connectivity index (χ0) is 25.5. The highest BCUT2D eigenvalue weighted by molar-refractivity contribution is 6.19. The maximum absolute atomic E-state index is 10.1. The summed E-state index contributed by atoms with van der Waals surface area (Å²) >= 11 is 0. The largest absolute Gasteiger partial charge is 0.393 e. The maximum Gasteiger partial charge on any atom is 0.219 e. The molecule has 1 saturated carbocycles. The van der Waals surface area contributed by atoms with E-state index >= 15 is 0 Å². The van der Waals surface area contributed by atoms with Crippen molar-refractivity contribution >= 4 is 17.4 Å². The molecule has 1 aliphatic carbocycles. The summed E-state index contributed by atoms with van der Waals surface area (Å²) in [6, 6.07) is 9.27. The number of guanidine groups is 1. The summed E-state index contributed by atoms with van der Waals surface area (Å²) in [6.07, 6.45) is 7.79. The van der Waals surface area contributed by atoms with Crippen LogP contribution in [-0.2, 0) is 6.54 Å². The predicted octanol–water partition coefficient (Wildman–Crippen LogP) is 3.72. The lowest BCUT2D eigenvalue weighted by Crippen LogP contribution is -2.43. The van der Waals surface area contributed by atoms with Crippen molar-refractivity contribution < 1.29 is 5.11 Å². The van der Waals surface area contributed by atoms with E-state index in [2.05, 4.69) is 76.0 Å². The molecule has 4 rings (SSSR count). The van der Waals surface area contributed by atoms with Crippen molar-refractivity contribution in [3.63, 3.8) is 0 Å². The van der Waals surface area contributed by atoms with Gasteiger partial charge < -0.3 is 20.2 Å². The number of rotatable bonds is 7. The number of nitrogens with one attached hydrogen (secondary N) is 1. The molecule has 1 aromatic rings. The zero-order valence-electron chi connectivity index (χ0n) is 22.4. The molecular weight excluding hydrogens is 448 g/mol. The summed E-state index contributed by atoms with van der Waals surface area (Å²) in [5.41, 5.74) is 4.57. The summed E-state index contributed by atoms with van der Waals surface area (Å²) in [5.74, 6) is 1.52. The minimum Gasteiger partial charge on any atom is -0.393 e. The van der Waals surface area contributed by atoms with Gasteiger partial charge in [-0.15, -0.1) is 0 Å². The van der Waals surface area contributed by atoms with E-state index in [4.69, 9.17) is 4.99 Å². The van der Waals surface area contributed by atoms with E-state index in [0.717, 1.165) is 94.8 Å². The second kappa shape index (κ2) is 12.7. The van der Waals surface area contributed by atoms with Crippen LogP contribution in [0.4, 0.5) is 0 Å². The summed E-state index contributed by atoms with van der Waals surface area (Å²) in [6.45, 7) is 13.0. The molecule has 36 heavy (non-hydrogen) atoms. The van der Waals surface area contributed by atoms with E-state index in [-0.39, 0.29) is 6.10 Å². The lowest BCUT2D eigenvalue weighted by molar-refractivity contribution is 0.106. The molecule has 0 amide bonds. The second-order valence-corrected chi connectivity index (χ2v) is 10.4. The van der Waals surface area contributed by atoms with Crippen molar-refractivity contribution in [2.24, 2.45) is 9.98 Å². The number of nitrogens with zero attached hydrogens (tertiary/aromatic N) is 5. The molecule has 0 aromatic heterocycles. The molecule has 2 aliphatic heterocycles. The quantitative estimate of drug-likeness (QED) is 0.345. The molecule has 0 radical (unpaired) electrons. The Hall–Kier alpha value is -2.48. The van der Waals surface area contributed by atoms with E-state index < -0.39 is 0 Å². The minimum absolute atomic E-state index is 0.188. The fourth-order valence-electron chi connectivity index (χ4n) is 5.24. The van der Waals surface area contributed by atoms with Crippen molar-refractivity contribution in [2.75, 3.05) is 46.8 Å². The smallest absolute Gasteiger partial charge is 0.219 e.